The Labute approximate surface area is 171 Å². The summed E-state index contributed by atoms with van der Waals surface area (Å²) in [5, 5.41) is 10.1. The third-order valence-electron chi connectivity index (χ3n) is 6.64. The van der Waals surface area contributed by atoms with Crippen LogP contribution in [0.3, 0.4) is 0 Å². The van der Waals surface area contributed by atoms with Crippen LogP contribution in [0.15, 0.2) is 46.6 Å². The zero-order valence-electron chi connectivity index (χ0n) is 16.9. The summed E-state index contributed by atoms with van der Waals surface area (Å²) in [6, 6.07) is 8.86. The van der Waals surface area contributed by atoms with Crippen molar-refractivity contribution in [3.8, 4) is 0 Å². The molecule has 152 valence electrons. The zero-order valence-corrected chi connectivity index (χ0v) is 16.9. The van der Waals surface area contributed by atoms with Crippen LogP contribution in [0, 0.1) is 0 Å². The number of rotatable bonds is 7. The maximum atomic E-state index is 13.7. The van der Waals surface area contributed by atoms with E-state index < -0.39 is 0 Å². The summed E-state index contributed by atoms with van der Waals surface area (Å²) in [7, 11) is 0. The molecule has 5 nitrogen and oxygen atoms in total. The number of carbonyl (C=O) groups excluding carboxylic acids is 1. The third kappa shape index (κ3) is 3.52. The Hall–Kier alpha value is -2.40. The van der Waals surface area contributed by atoms with Crippen LogP contribution in [0.25, 0.3) is 10.9 Å². The standard InChI is InChI=1S/C24H29N3O2/c28-13-2-1-11-26-12-10-21-22(4-3-5-23(21)26)24(29)27(19-8-9-19)20-7-6-17-15-25-16-18(17)14-20/h3-5,10,12,16,19-20,28H,1-2,6-9,11,13-15H2. The predicted molar refractivity (Wildman–Crippen MR) is 115 cm³/mol. The highest BCUT2D eigenvalue weighted by Gasteiger charge is 2.39. The van der Waals surface area contributed by atoms with Gasteiger partial charge in [-0.3, -0.25) is 9.79 Å². The number of hydrogen-bond acceptors (Lipinski definition) is 3. The normalized spacial score (nSPS) is 21.1. The van der Waals surface area contributed by atoms with E-state index in [-0.39, 0.29) is 12.5 Å². The number of aryl methyl sites for hydroxylation is 1. The molecule has 2 aliphatic carbocycles. The lowest BCUT2D eigenvalue weighted by Crippen LogP contribution is -2.43. The molecule has 0 spiro atoms. The van der Waals surface area contributed by atoms with Gasteiger partial charge in [-0.25, -0.2) is 0 Å². The second-order valence-corrected chi connectivity index (χ2v) is 8.62. The van der Waals surface area contributed by atoms with Crippen LogP contribution < -0.4 is 0 Å². The van der Waals surface area contributed by atoms with Crippen LogP contribution in [-0.2, 0) is 6.54 Å². The highest BCUT2D eigenvalue weighted by molar-refractivity contribution is 6.07. The van der Waals surface area contributed by atoms with Gasteiger partial charge in [0.05, 0.1) is 6.54 Å². The minimum absolute atomic E-state index is 0.190. The molecule has 1 unspecified atom stereocenters. The van der Waals surface area contributed by atoms with Gasteiger partial charge in [-0.15, -0.1) is 0 Å². The van der Waals surface area contributed by atoms with Crippen molar-refractivity contribution in [3.63, 3.8) is 0 Å². The van der Waals surface area contributed by atoms with Crippen molar-refractivity contribution in [2.24, 2.45) is 4.99 Å². The van der Waals surface area contributed by atoms with Gasteiger partial charge in [0.1, 0.15) is 0 Å². The van der Waals surface area contributed by atoms with E-state index in [1.165, 1.54) is 11.1 Å². The molecule has 0 radical (unpaired) electrons. The summed E-state index contributed by atoms with van der Waals surface area (Å²) < 4.78 is 2.20. The Morgan fingerprint density at radius 2 is 2.07 bits per heavy atom. The minimum atomic E-state index is 0.190. The number of carbonyl (C=O) groups is 1. The zero-order chi connectivity index (χ0) is 19.8. The summed E-state index contributed by atoms with van der Waals surface area (Å²) in [4.78, 5) is 20.4. The Balaban J connectivity index is 1.42. The molecule has 1 aliphatic heterocycles. The summed E-state index contributed by atoms with van der Waals surface area (Å²) in [6.45, 7) is 1.96. The topological polar surface area (TPSA) is 57.8 Å². The Morgan fingerprint density at radius 1 is 1.17 bits per heavy atom. The van der Waals surface area contributed by atoms with Crippen molar-refractivity contribution in [3.05, 3.63) is 47.2 Å². The molecule has 5 heteroatoms. The van der Waals surface area contributed by atoms with Gasteiger partial charge in [0.2, 0.25) is 0 Å². The van der Waals surface area contributed by atoms with Gasteiger partial charge in [-0.1, -0.05) is 6.07 Å². The van der Waals surface area contributed by atoms with E-state index in [2.05, 4.69) is 32.8 Å². The number of aromatic nitrogens is 1. The van der Waals surface area contributed by atoms with Gasteiger partial charge in [-0.2, -0.15) is 0 Å². The van der Waals surface area contributed by atoms with Crippen molar-refractivity contribution in [1.82, 2.24) is 9.47 Å². The number of benzene rings is 1. The number of aliphatic hydroxyl groups excluding tert-OH is 1. The summed E-state index contributed by atoms with van der Waals surface area (Å²) >= 11 is 0. The largest absolute Gasteiger partial charge is 0.396 e. The second-order valence-electron chi connectivity index (χ2n) is 8.62. The van der Waals surface area contributed by atoms with E-state index in [4.69, 9.17) is 5.11 Å². The van der Waals surface area contributed by atoms with Crippen LogP contribution in [0.4, 0.5) is 0 Å². The van der Waals surface area contributed by atoms with Gasteiger partial charge < -0.3 is 14.6 Å². The molecule has 1 atom stereocenters. The number of nitrogens with zero attached hydrogens (tertiary/aromatic N) is 3. The van der Waals surface area contributed by atoms with E-state index in [0.717, 1.165) is 74.5 Å². The SMILES string of the molecule is O=C(c1cccc2c1ccn2CCCCO)N(C1CC1)C1CCC2=C(C=NC2)C1. The molecule has 5 rings (SSSR count). The van der Waals surface area contributed by atoms with Gasteiger partial charge >= 0.3 is 0 Å². The molecule has 2 heterocycles. The molecular formula is C24H29N3O2. The first-order chi connectivity index (χ1) is 14.3. The predicted octanol–water partition coefficient (Wildman–Crippen LogP) is 3.95. The average molecular weight is 392 g/mol. The maximum Gasteiger partial charge on any atom is 0.255 e. The molecule has 1 N–H and O–H groups in total. The Bertz CT molecular complexity index is 983. The molecule has 1 fully saturated rings. The molecule has 29 heavy (non-hydrogen) atoms. The average Bonchev–Trinajstić information content (AvgIpc) is 3.30. The van der Waals surface area contributed by atoms with Crippen LogP contribution >= 0.6 is 0 Å². The summed E-state index contributed by atoms with van der Waals surface area (Å²) in [5.41, 5.74) is 4.79. The van der Waals surface area contributed by atoms with Gasteiger partial charge in [0, 0.05) is 54.1 Å². The van der Waals surface area contributed by atoms with E-state index >= 15 is 0 Å². The second kappa shape index (κ2) is 7.79. The number of amides is 1. The molecule has 1 aromatic heterocycles. The van der Waals surface area contributed by atoms with Crippen molar-refractivity contribution in [1.29, 1.82) is 0 Å². The molecule has 1 saturated carbocycles. The molecule has 0 saturated heterocycles. The van der Waals surface area contributed by atoms with E-state index in [1.807, 2.05) is 18.3 Å². The number of unbranched alkanes of at least 4 members (excludes halogenated alkanes) is 1. The van der Waals surface area contributed by atoms with E-state index in [9.17, 15) is 4.79 Å². The molecule has 1 aromatic carbocycles. The summed E-state index contributed by atoms with van der Waals surface area (Å²) in [5.74, 6) is 0.190. The number of fused-ring (bicyclic) bond motifs is 1. The van der Waals surface area contributed by atoms with Crippen molar-refractivity contribution >= 4 is 23.0 Å². The van der Waals surface area contributed by atoms with Crippen LogP contribution in [0.1, 0.15) is 55.3 Å². The first kappa shape index (κ1) is 18.6. The monoisotopic (exact) mass is 391 g/mol. The number of hydrogen-bond donors (Lipinski definition) is 1. The molecule has 2 aromatic rings. The highest BCUT2D eigenvalue weighted by atomic mass is 16.2. The summed E-state index contributed by atoms with van der Waals surface area (Å²) in [6.07, 6.45) is 11.2. The Kier molecular flexibility index (Phi) is 5.00. The van der Waals surface area contributed by atoms with Crippen LogP contribution in [0.2, 0.25) is 0 Å². The lowest BCUT2D eigenvalue weighted by atomic mass is 9.88. The smallest absolute Gasteiger partial charge is 0.255 e. The van der Waals surface area contributed by atoms with Crippen LogP contribution in [0.5, 0.6) is 0 Å². The quantitative estimate of drug-likeness (QED) is 0.727. The van der Waals surface area contributed by atoms with Gasteiger partial charge in [0.25, 0.3) is 5.91 Å². The fraction of sp³-hybridized carbons (Fsp3) is 0.500. The van der Waals surface area contributed by atoms with Crippen LogP contribution in [-0.4, -0.2) is 51.9 Å². The first-order valence-corrected chi connectivity index (χ1v) is 11.0. The lowest BCUT2D eigenvalue weighted by Gasteiger charge is -2.35. The van der Waals surface area contributed by atoms with E-state index in [1.54, 1.807) is 0 Å². The van der Waals surface area contributed by atoms with E-state index in [0.29, 0.717) is 12.1 Å². The molecular weight excluding hydrogens is 362 g/mol. The lowest BCUT2D eigenvalue weighted by molar-refractivity contribution is 0.0647. The minimum Gasteiger partial charge on any atom is -0.396 e. The number of aliphatic imine (C=N–C) groups is 1. The maximum absolute atomic E-state index is 13.7. The first-order valence-electron chi connectivity index (χ1n) is 11.0. The highest BCUT2D eigenvalue weighted by Crippen LogP contribution is 2.38. The van der Waals surface area contributed by atoms with Crippen molar-refractivity contribution in [2.75, 3.05) is 13.2 Å². The van der Waals surface area contributed by atoms with Gasteiger partial charge in [-0.05, 0) is 74.3 Å². The fourth-order valence-electron chi connectivity index (χ4n) is 4.95. The van der Waals surface area contributed by atoms with Crippen molar-refractivity contribution < 1.29 is 9.90 Å². The molecule has 1 amide bonds. The third-order valence-corrected chi connectivity index (χ3v) is 6.64. The molecule has 3 aliphatic rings. The Morgan fingerprint density at radius 3 is 2.90 bits per heavy atom. The van der Waals surface area contributed by atoms with Gasteiger partial charge in [0.15, 0.2) is 0 Å². The molecule has 0 bridgehead atoms. The van der Waals surface area contributed by atoms with Crippen molar-refractivity contribution in [2.45, 2.75) is 63.6 Å². The number of aliphatic hydroxyl groups is 1. The fourth-order valence-corrected chi connectivity index (χ4v) is 4.95.